The Balaban J connectivity index is 0.00000176. The first-order valence-corrected chi connectivity index (χ1v) is 7.17. The maximum Gasteiger partial charge on any atom is 0.0160 e. The van der Waals surface area contributed by atoms with Gasteiger partial charge in [-0.3, -0.25) is 0 Å². The number of pyridine rings is 1. The molecule has 0 saturated carbocycles. The van der Waals surface area contributed by atoms with Crippen LogP contribution in [0.15, 0.2) is 72.9 Å². The van der Waals surface area contributed by atoms with E-state index in [4.69, 9.17) is 0 Å². The van der Waals surface area contributed by atoms with Crippen LogP contribution in [0.5, 0.6) is 0 Å². The summed E-state index contributed by atoms with van der Waals surface area (Å²) >= 11 is 0. The van der Waals surface area contributed by atoms with E-state index in [0.717, 1.165) is 11.3 Å². The largest absolute Gasteiger partial charge is 0.305 e. The molecule has 1 aromatic heterocycles. The monoisotopic (exact) mass is 465 g/mol. The summed E-state index contributed by atoms with van der Waals surface area (Å²) in [4.78, 5) is 4.37. The van der Waals surface area contributed by atoms with Crippen molar-refractivity contribution in [1.29, 1.82) is 0 Å². The van der Waals surface area contributed by atoms with Crippen LogP contribution >= 0.6 is 0 Å². The Labute approximate surface area is 145 Å². The summed E-state index contributed by atoms with van der Waals surface area (Å²) in [5.74, 6) is 0. The average molecular weight is 465 g/mol. The summed E-state index contributed by atoms with van der Waals surface area (Å²) in [6, 6.07) is 26.2. The van der Waals surface area contributed by atoms with Crippen LogP contribution in [0.1, 0.15) is 25.0 Å². The quantitative estimate of drug-likeness (QED) is 0.504. The third-order valence-corrected chi connectivity index (χ3v) is 3.97. The van der Waals surface area contributed by atoms with Gasteiger partial charge >= 0.3 is 0 Å². The number of rotatable bonds is 3. The molecule has 1 nitrogen and oxygen atoms in total. The summed E-state index contributed by atoms with van der Waals surface area (Å²) in [5.41, 5.74) is 4.53. The van der Waals surface area contributed by atoms with E-state index in [1.165, 1.54) is 11.1 Å². The Morgan fingerprint density at radius 3 is 2.14 bits per heavy atom. The smallest absolute Gasteiger partial charge is 0.0160 e. The van der Waals surface area contributed by atoms with Crippen LogP contribution in [0.25, 0.3) is 11.3 Å². The molecule has 3 rings (SSSR count). The Kier molecular flexibility index (Phi) is 5.28. The fraction of sp³-hybridized carbons (Fsp3) is 0.150. The van der Waals surface area contributed by atoms with Crippen molar-refractivity contribution in [3.05, 3.63) is 90.1 Å². The fourth-order valence-corrected chi connectivity index (χ4v) is 2.52. The van der Waals surface area contributed by atoms with Crippen molar-refractivity contribution in [2.75, 3.05) is 0 Å². The molecule has 1 heterocycles. The zero-order chi connectivity index (χ0) is 14.7. The first-order valence-electron chi connectivity index (χ1n) is 7.17. The second kappa shape index (κ2) is 7.00. The Hall–Kier alpha value is -1.76. The van der Waals surface area contributed by atoms with E-state index in [1.54, 1.807) is 0 Å². The molecule has 0 N–H and O–H groups in total. The van der Waals surface area contributed by atoms with Crippen LogP contribution in [0, 0.1) is 6.07 Å². The molecule has 2 aromatic carbocycles. The second-order valence-electron chi connectivity index (χ2n) is 5.70. The molecule has 2 heteroatoms. The van der Waals surface area contributed by atoms with Gasteiger partial charge in [-0.2, -0.15) is 0 Å². The Bertz CT molecular complexity index is 704. The normalized spacial score (nSPS) is 10.8. The van der Waals surface area contributed by atoms with Gasteiger partial charge in [0, 0.05) is 26.3 Å². The second-order valence-corrected chi connectivity index (χ2v) is 5.70. The van der Waals surface area contributed by atoms with E-state index in [0.29, 0.717) is 0 Å². The molecule has 22 heavy (non-hydrogen) atoms. The van der Waals surface area contributed by atoms with Crippen molar-refractivity contribution >= 4 is 0 Å². The molecule has 0 spiro atoms. The van der Waals surface area contributed by atoms with Crippen molar-refractivity contribution in [3.8, 4) is 11.3 Å². The van der Waals surface area contributed by atoms with Gasteiger partial charge in [0.1, 0.15) is 0 Å². The van der Waals surface area contributed by atoms with E-state index in [9.17, 15) is 0 Å². The van der Waals surface area contributed by atoms with E-state index in [2.05, 4.69) is 73.4 Å². The van der Waals surface area contributed by atoms with Gasteiger partial charge in [-0.1, -0.05) is 56.3 Å². The molecular weight excluding hydrogens is 446 g/mol. The molecule has 0 aliphatic carbocycles. The predicted molar refractivity (Wildman–Crippen MR) is 87.1 cm³/mol. The standard InChI is InChI=1S/C20H18N.Ir/c1-20(2,17-8-4-3-5-9-17)18-13-11-16(12-14-18)19-10-6-7-15-21-19;/h3-11,13-15H,1-2H3;/q-1;. The summed E-state index contributed by atoms with van der Waals surface area (Å²) in [6.45, 7) is 4.48. The van der Waals surface area contributed by atoms with Gasteiger partial charge in [0.25, 0.3) is 0 Å². The first kappa shape index (κ1) is 16.6. The van der Waals surface area contributed by atoms with Gasteiger partial charge in [0.2, 0.25) is 0 Å². The minimum Gasteiger partial charge on any atom is -0.305 e. The third kappa shape index (κ3) is 3.35. The maximum absolute atomic E-state index is 4.37. The summed E-state index contributed by atoms with van der Waals surface area (Å²) in [7, 11) is 0. The Morgan fingerprint density at radius 1 is 0.818 bits per heavy atom. The molecule has 3 aromatic rings. The van der Waals surface area contributed by atoms with Crippen molar-refractivity contribution in [1.82, 2.24) is 4.98 Å². The maximum atomic E-state index is 4.37. The average Bonchev–Trinajstić information content (AvgIpc) is 2.57. The minimum absolute atomic E-state index is 0. The molecule has 0 atom stereocenters. The van der Waals surface area contributed by atoms with Crippen molar-refractivity contribution in [2.24, 2.45) is 0 Å². The SMILES string of the molecule is CC(C)(c1c[c-]c(-c2ccccn2)cc1)c1ccccc1.[Ir]. The topological polar surface area (TPSA) is 12.9 Å². The molecule has 0 aliphatic heterocycles. The molecule has 1 radical (unpaired) electrons. The van der Waals surface area contributed by atoms with Crippen molar-refractivity contribution in [2.45, 2.75) is 19.3 Å². The van der Waals surface area contributed by atoms with Crippen molar-refractivity contribution in [3.63, 3.8) is 0 Å². The summed E-state index contributed by atoms with van der Waals surface area (Å²) in [6.07, 6.45) is 1.81. The number of aromatic nitrogens is 1. The van der Waals surface area contributed by atoms with E-state index in [1.807, 2.05) is 24.4 Å². The fourth-order valence-electron chi connectivity index (χ4n) is 2.52. The van der Waals surface area contributed by atoms with Crippen LogP contribution in [0.3, 0.4) is 0 Å². The number of benzene rings is 2. The van der Waals surface area contributed by atoms with Gasteiger partial charge in [-0.05, 0) is 22.7 Å². The molecule has 0 fully saturated rings. The zero-order valence-corrected chi connectivity index (χ0v) is 15.1. The molecule has 0 unspecified atom stereocenters. The van der Waals surface area contributed by atoms with Gasteiger partial charge in [-0.15, -0.1) is 35.4 Å². The van der Waals surface area contributed by atoms with E-state index >= 15 is 0 Å². The van der Waals surface area contributed by atoms with Gasteiger partial charge in [-0.25, -0.2) is 0 Å². The molecule has 113 valence electrons. The molecule has 0 aliphatic rings. The van der Waals surface area contributed by atoms with E-state index < -0.39 is 0 Å². The molecule has 0 bridgehead atoms. The van der Waals surface area contributed by atoms with Crippen LogP contribution in [-0.4, -0.2) is 4.98 Å². The van der Waals surface area contributed by atoms with Crippen LogP contribution < -0.4 is 0 Å². The van der Waals surface area contributed by atoms with Crippen LogP contribution in [0.2, 0.25) is 0 Å². The van der Waals surface area contributed by atoms with Gasteiger partial charge in [0.05, 0.1) is 0 Å². The van der Waals surface area contributed by atoms with Gasteiger partial charge < -0.3 is 4.98 Å². The van der Waals surface area contributed by atoms with Crippen molar-refractivity contribution < 1.29 is 20.1 Å². The molecule has 0 amide bonds. The van der Waals surface area contributed by atoms with E-state index in [-0.39, 0.29) is 25.5 Å². The molecule has 0 saturated heterocycles. The predicted octanol–water partition coefficient (Wildman–Crippen LogP) is 4.87. The summed E-state index contributed by atoms with van der Waals surface area (Å²) in [5, 5.41) is 0. The number of hydrogen-bond acceptors (Lipinski definition) is 1. The van der Waals surface area contributed by atoms with Crippen LogP contribution in [-0.2, 0) is 25.5 Å². The third-order valence-electron chi connectivity index (χ3n) is 3.97. The molecular formula is C20H18IrN-. The van der Waals surface area contributed by atoms with Crippen LogP contribution in [0.4, 0.5) is 0 Å². The Morgan fingerprint density at radius 2 is 1.55 bits per heavy atom. The van der Waals surface area contributed by atoms with Gasteiger partial charge in [0.15, 0.2) is 0 Å². The first-order chi connectivity index (χ1) is 10.2. The number of hydrogen-bond donors (Lipinski definition) is 0. The zero-order valence-electron chi connectivity index (χ0n) is 12.7. The number of nitrogens with zero attached hydrogens (tertiary/aromatic N) is 1. The minimum atomic E-state index is -0.0274. The summed E-state index contributed by atoms with van der Waals surface area (Å²) < 4.78 is 0.